The van der Waals surface area contributed by atoms with Crippen LogP contribution in [-0.4, -0.2) is 53.0 Å². The van der Waals surface area contributed by atoms with Crippen molar-refractivity contribution in [2.45, 2.75) is 45.1 Å². The minimum atomic E-state index is -0.532. The number of rotatable bonds is 1. The van der Waals surface area contributed by atoms with E-state index in [0.29, 0.717) is 36.3 Å². The van der Waals surface area contributed by atoms with Gasteiger partial charge in [0.05, 0.1) is 18.6 Å². The molecule has 2 aromatic heterocycles. The molecule has 168 valence electrons. The summed E-state index contributed by atoms with van der Waals surface area (Å²) in [7, 11) is 1.48. The molecule has 0 saturated carbocycles. The molecule has 5 heterocycles. The van der Waals surface area contributed by atoms with Gasteiger partial charge in [-0.15, -0.1) is 0 Å². The highest BCUT2D eigenvalue weighted by molar-refractivity contribution is 5.92. The number of phenols is 1. The minimum absolute atomic E-state index is 0.0777. The number of pyridine rings is 1. The molecule has 0 aliphatic carbocycles. The van der Waals surface area contributed by atoms with E-state index in [2.05, 4.69) is 19.9 Å². The predicted octanol–water partition coefficient (Wildman–Crippen LogP) is 4.18. The lowest BCUT2D eigenvalue weighted by atomic mass is 9.94. The Balaban J connectivity index is 1.79. The van der Waals surface area contributed by atoms with Crippen LogP contribution in [0.25, 0.3) is 22.2 Å². The summed E-state index contributed by atoms with van der Waals surface area (Å²) in [5, 5.41) is 10.8. The summed E-state index contributed by atoms with van der Waals surface area (Å²) in [6, 6.07) is 3.40. The smallest absolute Gasteiger partial charge is 0.318 e. The van der Waals surface area contributed by atoms with E-state index < -0.39 is 5.82 Å². The van der Waals surface area contributed by atoms with E-state index in [9.17, 15) is 5.11 Å². The van der Waals surface area contributed by atoms with Gasteiger partial charge in [0.15, 0.2) is 5.82 Å². The standard InChI is InChI=1S/C24H27FN4O3/c1-14-10-15(30)11-18-17(14)7-5-9-32-16-6-3-4-8-29(13-16)23-19-12-26-21(18)20(25)22(19)27-24(28-23)31-2/h10-12,16,30H,3-9,13H2,1-2H3. The molecule has 6 rings (SSSR count). The average Bonchev–Trinajstić information content (AvgIpc) is 3.02. The number of aromatic hydroxyl groups is 1. The van der Waals surface area contributed by atoms with Crippen LogP contribution in [0.15, 0.2) is 18.3 Å². The molecule has 1 unspecified atom stereocenters. The van der Waals surface area contributed by atoms with Crippen LogP contribution in [0.2, 0.25) is 0 Å². The molecular weight excluding hydrogens is 411 g/mol. The number of methoxy groups -OCH3 is 1. The maximum Gasteiger partial charge on any atom is 0.318 e. The van der Waals surface area contributed by atoms with Crippen LogP contribution in [0, 0.1) is 12.7 Å². The lowest BCUT2D eigenvalue weighted by Crippen LogP contribution is -2.33. The van der Waals surface area contributed by atoms with Crippen molar-refractivity contribution >= 4 is 16.7 Å². The minimum Gasteiger partial charge on any atom is -0.508 e. The largest absolute Gasteiger partial charge is 0.508 e. The molecule has 1 saturated heterocycles. The molecule has 0 amide bonds. The van der Waals surface area contributed by atoms with Gasteiger partial charge >= 0.3 is 6.01 Å². The number of hydrogen-bond donors (Lipinski definition) is 1. The fourth-order valence-corrected chi connectivity index (χ4v) is 4.81. The fraction of sp³-hybridized carbons (Fsp3) is 0.458. The summed E-state index contributed by atoms with van der Waals surface area (Å²) >= 11 is 0. The molecule has 1 fully saturated rings. The van der Waals surface area contributed by atoms with Crippen LogP contribution in [0.5, 0.6) is 11.8 Å². The highest BCUT2D eigenvalue weighted by Crippen LogP contribution is 2.36. The van der Waals surface area contributed by atoms with Gasteiger partial charge in [-0.05, 0) is 62.3 Å². The Hall–Kier alpha value is -3.00. The Morgan fingerprint density at radius 2 is 2.09 bits per heavy atom. The summed E-state index contributed by atoms with van der Waals surface area (Å²) in [5.74, 6) is 0.165. The van der Waals surface area contributed by atoms with E-state index in [0.717, 1.165) is 43.4 Å². The topological polar surface area (TPSA) is 80.6 Å². The monoisotopic (exact) mass is 438 g/mol. The van der Waals surface area contributed by atoms with Gasteiger partial charge in [0, 0.05) is 31.5 Å². The maximum atomic E-state index is 15.9. The second kappa shape index (κ2) is 8.50. The van der Waals surface area contributed by atoms with Crippen molar-refractivity contribution in [2.24, 2.45) is 0 Å². The van der Waals surface area contributed by atoms with E-state index in [-0.39, 0.29) is 29.1 Å². The number of aryl methyl sites for hydroxylation is 1. The Labute approximate surface area is 186 Å². The molecule has 3 aliphatic heterocycles. The third-order valence-corrected chi connectivity index (χ3v) is 6.39. The molecule has 0 radical (unpaired) electrons. The number of phenolic OH excluding ortho intramolecular Hbond substituents is 1. The fourth-order valence-electron chi connectivity index (χ4n) is 4.81. The molecule has 3 aromatic rings. The van der Waals surface area contributed by atoms with E-state index in [1.807, 2.05) is 6.92 Å². The first-order chi connectivity index (χ1) is 15.5. The molecule has 8 heteroatoms. The molecule has 1 N–H and O–H groups in total. The molecule has 7 nitrogen and oxygen atoms in total. The van der Waals surface area contributed by atoms with Crippen molar-refractivity contribution in [2.75, 3.05) is 31.7 Å². The first-order valence-corrected chi connectivity index (χ1v) is 11.1. The van der Waals surface area contributed by atoms with Crippen molar-refractivity contribution in [3.63, 3.8) is 0 Å². The van der Waals surface area contributed by atoms with Gasteiger partial charge in [0.1, 0.15) is 22.8 Å². The van der Waals surface area contributed by atoms with Crippen molar-refractivity contribution in [1.82, 2.24) is 15.0 Å². The quantitative estimate of drug-likeness (QED) is 0.611. The third kappa shape index (κ3) is 3.72. The molecule has 1 aromatic carbocycles. The Kier molecular flexibility index (Phi) is 5.55. The SMILES string of the molecule is COc1nc2c3cnc(c(F)c3n1)-c1cc(O)cc(C)c1CCCOC1CCCCN2C1. The highest BCUT2D eigenvalue weighted by atomic mass is 19.1. The molecule has 6 bridgehead atoms. The van der Waals surface area contributed by atoms with Crippen LogP contribution in [-0.2, 0) is 11.2 Å². The lowest BCUT2D eigenvalue weighted by Gasteiger charge is -2.27. The van der Waals surface area contributed by atoms with Crippen LogP contribution in [0.4, 0.5) is 10.2 Å². The number of anilines is 1. The Bertz CT molecular complexity index is 1170. The van der Waals surface area contributed by atoms with E-state index in [1.165, 1.54) is 7.11 Å². The van der Waals surface area contributed by atoms with Crippen LogP contribution in [0.1, 0.15) is 36.8 Å². The van der Waals surface area contributed by atoms with E-state index in [1.54, 1.807) is 18.3 Å². The van der Waals surface area contributed by atoms with Crippen molar-refractivity contribution in [1.29, 1.82) is 0 Å². The van der Waals surface area contributed by atoms with Gasteiger partial charge in [-0.25, -0.2) is 4.39 Å². The number of hydrogen-bond acceptors (Lipinski definition) is 7. The molecule has 1 atom stereocenters. The molecular formula is C24H27FN4O3. The second-order valence-corrected chi connectivity index (χ2v) is 8.54. The number of halogens is 1. The zero-order chi connectivity index (χ0) is 22.2. The third-order valence-electron chi connectivity index (χ3n) is 6.39. The first-order valence-electron chi connectivity index (χ1n) is 11.1. The molecule has 32 heavy (non-hydrogen) atoms. The molecule has 3 aliphatic rings. The number of benzene rings is 1. The average molecular weight is 439 g/mol. The second-order valence-electron chi connectivity index (χ2n) is 8.54. The number of nitrogens with zero attached hydrogens (tertiary/aromatic N) is 4. The van der Waals surface area contributed by atoms with Gasteiger partial charge in [0.2, 0.25) is 0 Å². The van der Waals surface area contributed by atoms with Gasteiger partial charge in [-0.1, -0.05) is 0 Å². The lowest BCUT2D eigenvalue weighted by molar-refractivity contribution is 0.0527. The van der Waals surface area contributed by atoms with Gasteiger partial charge in [-0.2, -0.15) is 9.97 Å². The summed E-state index contributed by atoms with van der Waals surface area (Å²) < 4.78 is 27.5. The van der Waals surface area contributed by atoms with E-state index >= 15 is 4.39 Å². The van der Waals surface area contributed by atoms with Crippen molar-refractivity contribution in [3.05, 3.63) is 35.3 Å². The van der Waals surface area contributed by atoms with Crippen LogP contribution < -0.4 is 9.64 Å². The van der Waals surface area contributed by atoms with Crippen molar-refractivity contribution < 1.29 is 19.0 Å². The summed E-state index contributed by atoms with van der Waals surface area (Å²) in [5.41, 5.74) is 2.77. The predicted molar refractivity (Wildman–Crippen MR) is 120 cm³/mol. The Morgan fingerprint density at radius 3 is 2.94 bits per heavy atom. The van der Waals surface area contributed by atoms with Crippen LogP contribution in [0.3, 0.4) is 0 Å². The maximum absolute atomic E-state index is 15.9. The number of ether oxygens (including phenoxy) is 2. The van der Waals surface area contributed by atoms with Crippen LogP contribution >= 0.6 is 0 Å². The number of fused-ring (bicyclic) bond motifs is 4. The first kappa shape index (κ1) is 20.9. The summed E-state index contributed by atoms with van der Waals surface area (Å²) in [4.78, 5) is 15.6. The summed E-state index contributed by atoms with van der Waals surface area (Å²) in [6.45, 7) is 4.03. The van der Waals surface area contributed by atoms with Gasteiger partial charge in [0.25, 0.3) is 0 Å². The highest BCUT2D eigenvalue weighted by Gasteiger charge is 2.26. The van der Waals surface area contributed by atoms with E-state index in [4.69, 9.17) is 9.47 Å². The zero-order valence-electron chi connectivity index (χ0n) is 18.4. The number of aromatic nitrogens is 3. The normalized spacial score (nSPS) is 19.0. The zero-order valence-corrected chi connectivity index (χ0v) is 18.4. The summed E-state index contributed by atoms with van der Waals surface area (Å²) in [6.07, 6.45) is 6.28. The Morgan fingerprint density at radius 1 is 1.22 bits per heavy atom. The molecule has 0 spiro atoms. The van der Waals surface area contributed by atoms with Gasteiger partial charge < -0.3 is 19.5 Å². The van der Waals surface area contributed by atoms with Gasteiger partial charge in [-0.3, -0.25) is 4.98 Å². The van der Waals surface area contributed by atoms with Crippen molar-refractivity contribution in [3.8, 4) is 23.0 Å².